The molecule has 0 atom stereocenters. The lowest BCUT2D eigenvalue weighted by Crippen LogP contribution is -2.39. The first-order chi connectivity index (χ1) is 12.6. The van der Waals surface area contributed by atoms with Crippen molar-refractivity contribution in [1.29, 1.82) is 0 Å². The van der Waals surface area contributed by atoms with E-state index < -0.39 is 0 Å². The summed E-state index contributed by atoms with van der Waals surface area (Å²) in [6.07, 6.45) is 5.44. The van der Waals surface area contributed by atoms with Gasteiger partial charge in [0.05, 0.1) is 0 Å². The van der Waals surface area contributed by atoms with Crippen LogP contribution in [-0.2, 0) is 12.8 Å². The van der Waals surface area contributed by atoms with Crippen LogP contribution in [0.1, 0.15) is 27.0 Å². The number of rotatable bonds is 7. The summed E-state index contributed by atoms with van der Waals surface area (Å²) in [5, 5.41) is 9.28. The second-order valence-corrected chi connectivity index (χ2v) is 6.01. The third kappa shape index (κ3) is 7.54. The van der Waals surface area contributed by atoms with Crippen LogP contribution in [0.15, 0.2) is 47.7 Å². The summed E-state index contributed by atoms with van der Waals surface area (Å²) in [5.74, 6) is 0.711. The predicted molar refractivity (Wildman–Crippen MR) is 121 cm³/mol. The van der Waals surface area contributed by atoms with Gasteiger partial charge in [-0.2, -0.15) is 0 Å². The molecule has 3 N–H and O–H groups in total. The Hall–Kier alpha value is -2.16. The van der Waals surface area contributed by atoms with Gasteiger partial charge in [-0.15, -0.1) is 24.0 Å². The Labute approximate surface area is 178 Å². The third-order valence-corrected chi connectivity index (χ3v) is 4.17. The highest BCUT2D eigenvalue weighted by Crippen LogP contribution is 2.06. The lowest BCUT2D eigenvalue weighted by Gasteiger charge is -2.13. The zero-order chi connectivity index (χ0) is 18.8. The number of aryl methyl sites for hydroxylation is 1. The number of pyridine rings is 1. The number of nitrogens with one attached hydrogen (secondary N) is 3. The lowest BCUT2D eigenvalue weighted by molar-refractivity contribution is 0.0963. The van der Waals surface area contributed by atoms with Gasteiger partial charge in [0.25, 0.3) is 5.91 Å². The minimum atomic E-state index is -0.0660. The number of nitrogens with zero attached hydrogens (tertiary/aromatic N) is 2. The molecule has 7 heteroatoms. The molecule has 2 rings (SSSR count). The van der Waals surface area contributed by atoms with Gasteiger partial charge in [0, 0.05) is 45.1 Å². The molecule has 1 aromatic heterocycles. The molecule has 2 aromatic rings. The Morgan fingerprint density at radius 1 is 1.15 bits per heavy atom. The summed E-state index contributed by atoms with van der Waals surface area (Å²) in [6.45, 7) is 3.62. The van der Waals surface area contributed by atoms with Crippen molar-refractivity contribution in [3.05, 3.63) is 65.0 Å². The fraction of sp³-hybridized carbons (Fsp3) is 0.350. The standard InChI is InChI=1S/C20H27N5O.HI/c1-15-14-23-10-8-17(15)9-12-25-20(22-3)24-11-7-16-5-4-6-18(13-16)19(26)21-2;/h4-6,8,10,13-14H,7,9,11-12H2,1-3H3,(H,21,26)(H2,22,24,25);1H. The van der Waals surface area contributed by atoms with Crippen LogP contribution < -0.4 is 16.0 Å². The van der Waals surface area contributed by atoms with Crippen LogP contribution in [0.2, 0.25) is 0 Å². The second kappa shape index (κ2) is 12.3. The number of aromatic nitrogens is 1. The van der Waals surface area contributed by atoms with Crippen LogP contribution in [0, 0.1) is 6.92 Å². The van der Waals surface area contributed by atoms with Crippen LogP contribution in [0.25, 0.3) is 0 Å². The number of halogens is 1. The van der Waals surface area contributed by atoms with Crippen molar-refractivity contribution in [2.45, 2.75) is 19.8 Å². The van der Waals surface area contributed by atoms with E-state index in [1.165, 1.54) is 11.1 Å². The molecule has 27 heavy (non-hydrogen) atoms. The number of amides is 1. The second-order valence-electron chi connectivity index (χ2n) is 6.01. The van der Waals surface area contributed by atoms with Gasteiger partial charge in [-0.05, 0) is 54.7 Å². The molecular formula is C20H28IN5O. The van der Waals surface area contributed by atoms with Crippen molar-refractivity contribution < 1.29 is 4.79 Å². The number of hydrogen-bond donors (Lipinski definition) is 3. The van der Waals surface area contributed by atoms with E-state index in [2.05, 4.69) is 32.9 Å². The van der Waals surface area contributed by atoms with Crippen LogP contribution in [-0.4, -0.2) is 44.0 Å². The van der Waals surface area contributed by atoms with Crippen molar-refractivity contribution in [3.63, 3.8) is 0 Å². The first-order valence-corrected chi connectivity index (χ1v) is 8.79. The van der Waals surface area contributed by atoms with Crippen LogP contribution >= 0.6 is 24.0 Å². The number of benzene rings is 1. The Bertz CT molecular complexity index is 764. The number of carbonyl (C=O) groups excluding carboxylic acids is 1. The van der Waals surface area contributed by atoms with Crippen molar-refractivity contribution in [3.8, 4) is 0 Å². The highest BCUT2D eigenvalue weighted by atomic mass is 127. The van der Waals surface area contributed by atoms with Gasteiger partial charge in [0.15, 0.2) is 5.96 Å². The molecule has 0 saturated heterocycles. The first kappa shape index (κ1) is 22.9. The predicted octanol–water partition coefficient (Wildman–Crippen LogP) is 2.32. The summed E-state index contributed by atoms with van der Waals surface area (Å²) in [6, 6.07) is 9.72. The number of guanidine groups is 1. The van der Waals surface area contributed by atoms with Crippen molar-refractivity contribution in [1.82, 2.24) is 20.9 Å². The SMILES string of the molecule is CN=C(NCCc1cccc(C(=O)NC)c1)NCCc1ccncc1C.I. The monoisotopic (exact) mass is 481 g/mol. The molecule has 0 aliphatic heterocycles. The summed E-state index contributed by atoms with van der Waals surface area (Å²) < 4.78 is 0. The molecule has 0 fully saturated rings. The third-order valence-electron chi connectivity index (χ3n) is 4.17. The molecule has 1 amide bonds. The van der Waals surface area contributed by atoms with Gasteiger partial charge >= 0.3 is 0 Å². The molecule has 0 spiro atoms. The maximum Gasteiger partial charge on any atom is 0.251 e. The Balaban J connectivity index is 0.00000364. The molecule has 0 saturated carbocycles. The molecule has 1 aromatic carbocycles. The van der Waals surface area contributed by atoms with E-state index in [0.29, 0.717) is 5.56 Å². The van der Waals surface area contributed by atoms with Gasteiger partial charge in [0.2, 0.25) is 0 Å². The zero-order valence-electron chi connectivity index (χ0n) is 16.1. The summed E-state index contributed by atoms with van der Waals surface area (Å²) in [5.41, 5.74) is 4.28. The fourth-order valence-corrected chi connectivity index (χ4v) is 2.66. The normalized spacial score (nSPS) is 10.7. The quantitative estimate of drug-likeness (QED) is 0.322. The van der Waals surface area contributed by atoms with Crippen molar-refractivity contribution in [2.75, 3.05) is 27.2 Å². The number of carbonyl (C=O) groups is 1. The maximum absolute atomic E-state index is 11.7. The Morgan fingerprint density at radius 2 is 1.89 bits per heavy atom. The van der Waals surface area contributed by atoms with E-state index in [-0.39, 0.29) is 29.9 Å². The molecule has 0 aliphatic carbocycles. The molecule has 0 aliphatic rings. The molecular weight excluding hydrogens is 453 g/mol. The Kier molecular flexibility index (Phi) is 10.4. The van der Waals surface area contributed by atoms with Crippen molar-refractivity contribution in [2.24, 2.45) is 4.99 Å². The zero-order valence-corrected chi connectivity index (χ0v) is 18.4. The van der Waals surface area contributed by atoms with Gasteiger partial charge in [-0.1, -0.05) is 12.1 Å². The summed E-state index contributed by atoms with van der Waals surface area (Å²) in [4.78, 5) is 20.1. The average Bonchev–Trinajstić information content (AvgIpc) is 2.67. The molecule has 146 valence electrons. The van der Waals surface area contributed by atoms with E-state index >= 15 is 0 Å². The molecule has 6 nitrogen and oxygen atoms in total. The van der Waals surface area contributed by atoms with Gasteiger partial charge < -0.3 is 16.0 Å². The molecule has 0 radical (unpaired) electrons. The minimum Gasteiger partial charge on any atom is -0.356 e. The van der Waals surface area contributed by atoms with E-state index in [4.69, 9.17) is 0 Å². The molecule has 0 unspecified atom stereocenters. The average molecular weight is 481 g/mol. The molecule has 1 heterocycles. The van der Waals surface area contributed by atoms with E-state index in [1.807, 2.05) is 42.7 Å². The van der Waals surface area contributed by atoms with Crippen LogP contribution in [0.5, 0.6) is 0 Å². The highest BCUT2D eigenvalue weighted by molar-refractivity contribution is 14.0. The first-order valence-electron chi connectivity index (χ1n) is 8.79. The fourth-order valence-electron chi connectivity index (χ4n) is 2.66. The summed E-state index contributed by atoms with van der Waals surface area (Å²) >= 11 is 0. The van der Waals surface area contributed by atoms with Crippen LogP contribution in [0.3, 0.4) is 0 Å². The van der Waals surface area contributed by atoms with E-state index in [0.717, 1.165) is 37.5 Å². The number of hydrogen-bond acceptors (Lipinski definition) is 3. The smallest absolute Gasteiger partial charge is 0.251 e. The van der Waals surface area contributed by atoms with Crippen LogP contribution in [0.4, 0.5) is 0 Å². The Morgan fingerprint density at radius 3 is 2.56 bits per heavy atom. The minimum absolute atomic E-state index is 0. The van der Waals surface area contributed by atoms with E-state index in [9.17, 15) is 4.79 Å². The maximum atomic E-state index is 11.7. The largest absolute Gasteiger partial charge is 0.356 e. The van der Waals surface area contributed by atoms with Gasteiger partial charge in [-0.3, -0.25) is 14.8 Å². The van der Waals surface area contributed by atoms with Gasteiger partial charge in [0.1, 0.15) is 0 Å². The van der Waals surface area contributed by atoms with Gasteiger partial charge in [-0.25, -0.2) is 0 Å². The van der Waals surface area contributed by atoms with E-state index in [1.54, 1.807) is 14.1 Å². The highest BCUT2D eigenvalue weighted by Gasteiger charge is 2.04. The van der Waals surface area contributed by atoms with Crippen molar-refractivity contribution >= 4 is 35.8 Å². The molecule has 0 bridgehead atoms. The number of aliphatic imine (C=N–C) groups is 1. The lowest BCUT2D eigenvalue weighted by atomic mass is 10.1. The summed E-state index contributed by atoms with van der Waals surface area (Å²) in [7, 11) is 3.40. The topological polar surface area (TPSA) is 78.4 Å².